The number of unbranched alkanes of at least 4 members (excludes halogenated alkanes) is 1. The van der Waals surface area contributed by atoms with Gasteiger partial charge in [0.1, 0.15) is 16.0 Å². The number of hydrogen-bond acceptors (Lipinski definition) is 5. The van der Waals surface area contributed by atoms with E-state index in [1.165, 1.54) is 13.2 Å². The molecule has 1 heterocycles. The lowest BCUT2D eigenvalue weighted by Gasteiger charge is -2.30. The molecular formula is C16H18Br2N2O5. The molecule has 0 fully saturated rings. The summed E-state index contributed by atoms with van der Waals surface area (Å²) < 4.78 is 5.23. The van der Waals surface area contributed by atoms with Gasteiger partial charge in [-0.2, -0.15) is 0 Å². The van der Waals surface area contributed by atoms with E-state index in [2.05, 4.69) is 42.5 Å². The Morgan fingerprint density at radius 2 is 2.00 bits per heavy atom. The lowest BCUT2D eigenvalue weighted by Crippen LogP contribution is -2.46. The first kappa shape index (κ1) is 19.6. The summed E-state index contributed by atoms with van der Waals surface area (Å²) in [6, 6.07) is 0.0521. The Labute approximate surface area is 161 Å². The van der Waals surface area contributed by atoms with Crippen LogP contribution in [0.15, 0.2) is 26.3 Å². The van der Waals surface area contributed by atoms with Crippen LogP contribution < -0.4 is 10.6 Å². The molecule has 1 aromatic rings. The fraction of sp³-hybridized carbons (Fsp3) is 0.375. The largest absolute Gasteiger partial charge is 0.506 e. The first-order valence-corrected chi connectivity index (χ1v) is 9.19. The Hall–Kier alpha value is -1.74. The highest BCUT2D eigenvalue weighted by molar-refractivity contribution is 9.11. The average molecular weight is 478 g/mol. The number of esters is 1. The molecule has 2 rings (SSSR count). The molecular weight excluding hydrogens is 460 g/mol. The van der Waals surface area contributed by atoms with Crippen molar-refractivity contribution in [3.63, 3.8) is 0 Å². The standard InChI is InChI=1S/C16H18Br2N2O5/c1-3-4-5-9-10(15(23)25-2)12(20-16(24)19-9)7-6-8(17)14(22)11(18)13(7)21/h6,12,21-22H,3-5H2,1-2H3,(H2,19,20,24). The van der Waals surface area contributed by atoms with Gasteiger partial charge in [0.2, 0.25) is 0 Å². The summed E-state index contributed by atoms with van der Waals surface area (Å²) in [6.45, 7) is 2.00. The van der Waals surface area contributed by atoms with E-state index in [0.717, 1.165) is 12.8 Å². The van der Waals surface area contributed by atoms with Crippen LogP contribution in [0.3, 0.4) is 0 Å². The van der Waals surface area contributed by atoms with Crippen LogP contribution in [0.25, 0.3) is 0 Å². The minimum absolute atomic E-state index is 0.0592. The van der Waals surface area contributed by atoms with E-state index in [0.29, 0.717) is 16.6 Å². The molecule has 0 spiro atoms. The predicted octanol–water partition coefficient (Wildman–Crippen LogP) is 3.59. The summed E-state index contributed by atoms with van der Waals surface area (Å²) in [7, 11) is 1.25. The average Bonchev–Trinajstić information content (AvgIpc) is 2.59. The van der Waals surface area contributed by atoms with Crippen LogP contribution in [0.2, 0.25) is 0 Å². The molecule has 136 valence electrons. The number of amides is 2. The van der Waals surface area contributed by atoms with Gasteiger partial charge >= 0.3 is 12.0 Å². The van der Waals surface area contributed by atoms with E-state index >= 15 is 0 Å². The normalized spacial score (nSPS) is 17.1. The zero-order valence-corrected chi connectivity index (χ0v) is 16.8. The Morgan fingerprint density at radius 1 is 1.32 bits per heavy atom. The Morgan fingerprint density at radius 3 is 2.60 bits per heavy atom. The molecule has 0 saturated heterocycles. The van der Waals surface area contributed by atoms with E-state index in [9.17, 15) is 19.8 Å². The van der Waals surface area contributed by atoms with Gasteiger partial charge in [-0.1, -0.05) is 13.3 Å². The monoisotopic (exact) mass is 476 g/mol. The first-order chi connectivity index (χ1) is 11.8. The third-order valence-electron chi connectivity index (χ3n) is 3.85. The molecule has 0 bridgehead atoms. The number of halogens is 2. The second kappa shape index (κ2) is 8.09. The van der Waals surface area contributed by atoms with Gasteiger partial charge in [0.05, 0.1) is 23.2 Å². The van der Waals surface area contributed by atoms with Crippen LogP contribution in [0.4, 0.5) is 4.79 Å². The number of phenolic OH excluding ortho intramolecular Hbond substituents is 2. The third-order valence-corrected chi connectivity index (χ3v) is 5.20. The summed E-state index contributed by atoms with van der Waals surface area (Å²) in [4.78, 5) is 24.4. The van der Waals surface area contributed by atoms with Gasteiger partial charge < -0.3 is 25.6 Å². The Bertz CT molecular complexity index is 749. The van der Waals surface area contributed by atoms with E-state index in [-0.39, 0.29) is 27.1 Å². The van der Waals surface area contributed by atoms with Crippen molar-refractivity contribution in [2.24, 2.45) is 0 Å². The number of ether oxygens (including phenoxy) is 1. The van der Waals surface area contributed by atoms with Crippen molar-refractivity contribution in [3.05, 3.63) is 31.8 Å². The molecule has 25 heavy (non-hydrogen) atoms. The number of carbonyl (C=O) groups excluding carboxylic acids is 2. The molecule has 2 amide bonds. The zero-order valence-electron chi connectivity index (χ0n) is 13.7. The van der Waals surface area contributed by atoms with Crippen molar-refractivity contribution in [1.29, 1.82) is 0 Å². The van der Waals surface area contributed by atoms with E-state index in [1.807, 2.05) is 6.92 Å². The zero-order chi connectivity index (χ0) is 18.7. The number of carbonyl (C=O) groups is 2. The first-order valence-electron chi connectivity index (χ1n) is 7.60. The number of methoxy groups -OCH3 is 1. The summed E-state index contributed by atoms with van der Waals surface area (Å²) in [6.07, 6.45) is 2.15. The molecule has 0 saturated carbocycles. The summed E-state index contributed by atoms with van der Waals surface area (Å²) in [5.74, 6) is -1.07. The number of allylic oxidation sites excluding steroid dienone is 1. The van der Waals surface area contributed by atoms with Crippen LogP contribution >= 0.6 is 31.9 Å². The maximum atomic E-state index is 12.4. The highest BCUT2D eigenvalue weighted by atomic mass is 79.9. The molecule has 1 aliphatic heterocycles. The number of phenols is 2. The fourth-order valence-corrected chi connectivity index (χ4v) is 3.74. The van der Waals surface area contributed by atoms with Gasteiger partial charge in [-0.05, 0) is 50.8 Å². The molecule has 0 radical (unpaired) electrons. The topological polar surface area (TPSA) is 108 Å². The molecule has 9 heteroatoms. The Balaban J connectivity index is 2.64. The third kappa shape index (κ3) is 3.92. The van der Waals surface area contributed by atoms with Gasteiger partial charge in [0, 0.05) is 11.3 Å². The van der Waals surface area contributed by atoms with Gasteiger partial charge in [0.25, 0.3) is 0 Å². The molecule has 4 N–H and O–H groups in total. The van der Waals surface area contributed by atoms with Crippen molar-refractivity contribution >= 4 is 43.9 Å². The lowest BCUT2D eigenvalue weighted by molar-refractivity contribution is -0.136. The van der Waals surface area contributed by atoms with Crippen molar-refractivity contribution in [1.82, 2.24) is 10.6 Å². The minimum atomic E-state index is -0.916. The van der Waals surface area contributed by atoms with Gasteiger partial charge in [-0.25, -0.2) is 9.59 Å². The van der Waals surface area contributed by atoms with Crippen LogP contribution in [-0.4, -0.2) is 29.3 Å². The Kier molecular flexibility index (Phi) is 6.34. The molecule has 0 aromatic heterocycles. The number of hydrogen-bond donors (Lipinski definition) is 4. The van der Waals surface area contributed by atoms with Crippen molar-refractivity contribution in [2.75, 3.05) is 7.11 Å². The maximum Gasteiger partial charge on any atom is 0.337 e. The second-order valence-corrected chi connectivity index (χ2v) is 7.12. The predicted molar refractivity (Wildman–Crippen MR) is 98.1 cm³/mol. The van der Waals surface area contributed by atoms with Gasteiger partial charge in [-0.15, -0.1) is 0 Å². The number of rotatable bonds is 5. The fourth-order valence-electron chi connectivity index (χ4n) is 2.59. The van der Waals surface area contributed by atoms with E-state index in [4.69, 9.17) is 4.74 Å². The van der Waals surface area contributed by atoms with Crippen molar-refractivity contribution in [3.8, 4) is 11.5 Å². The lowest BCUT2D eigenvalue weighted by atomic mass is 9.93. The summed E-state index contributed by atoms with van der Waals surface area (Å²) >= 11 is 6.30. The highest BCUT2D eigenvalue weighted by Gasteiger charge is 2.35. The van der Waals surface area contributed by atoms with Crippen LogP contribution in [0.1, 0.15) is 37.8 Å². The number of benzene rings is 1. The summed E-state index contributed by atoms with van der Waals surface area (Å²) in [5, 5.41) is 25.6. The number of urea groups is 1. The smallest absolute Gasteiger partial charge is 0.337 e. The quantitative estimate of drug-likeness (QED) is 0.484. The number of nitrogens with one attached hydrogen (secondary N) is 2. The molecule has 0 aliphatic carbocycles. The van der Waals surface area contributed by atoms with E-state index < -0.39 is 18.0 Å². The van der Waals surface area contributed by atoms with Crippen LogP contribution in [0.5, 0.6) is 11.5 Å². The van der Waals surface area contributed by atoms with Gasteiger partial charge in [0.15, 0.2) is 0 Å². The van der Waals surface area contributed by atoms with Crippen molar-refractivity contribution in [2.45, 2.75) is 32.2 Å². The SMILES string of the molecule is CCCCC1=C(C(=O)OC)C(c2cc(Br)c(O)c(Br)c2O)NC(=O)N1. The van der Waals surface area contributed by atoms with Crippen LogP contribution in [0, 0.1) is 0 Å². The van der Waals surface area contributed by atoms with E-state index in [1.54, 1.807) is 0 Å². The number of aromatic hydroxyl groups is 2. The molecule has 1 aliphatic rings. The maximum absolute atomic E-state index is 12.4. The molecule has 1 unspecified atom stereocenters. The molecule has 7 nitrogen and oxygen atoms in total. The van der Waals surface area contributed by atoms with Crippen LogP contribution in [-0.2, 0) is 9.53 Å². The summed E-state index contributed by atoms with van der Waals surface area (Å²) in [5.41, 5.74) is 0.929. The highest BCUT2D eigenvalue weighted by Crippen LogP contribution is 2.45. The second-order valence-electron chi connectivity index (χ2n) is 5.48. The molecule has 1 aromatic carbocycles. The van der Waals surface area contributed by atoms with Crippen molar-refractivity contribution < 1.29 is 24.5 Å². The van der Waals surface area contributed by atoms with Gasteiger partial charge in [-0.3, -0.25) is 0 Å². The minimum Gasteiger partial charge on any atom is -0.506 e. The molecule has 1 atom stereocenters.